The van der Waals surface area contributed by atoms with Crippen molar-refractivity contribution in [2.45, 2.75) is 31.0 Å². The largest absolute Gasteiger partial charge is 0.391 e. The Balaban J connectivity index is 2.08. The van der Waals surface area contributed by atoms with Crippen LogP contribution in [0, 0.1) is 0 Å². The lowest BCUT2D eigenvalue weighted by Crippen LogP contribution is -2.12. The molecule has 0 aromatic heterocycles. The summed E-state index contributed by atoms with van der Waals surface area (Å²) in [4.78, 5) is 0. The first kappa shape index (κ1) is 3.87. The van der Waals surface area contributed by atoms with E-state index in [-0.39, 0.29) is 6.10 Å². The molecule has 2 aliphatic rings. The van der Waals surface area contributed by atoms with Crippen LogP contribution in [0.15, 0.2) is 0 Å². The minimum absolute atomic E-state index is 0.0231. The van der Waals surface area contributed by atoms with Crippen LogP contribution in [0.5, 0.6) is 0 Å². The van der Waals surface area contributed by atoms with Gasteiger partial charge < -0.3 is 10.4 Å². The lowest BCUT2D eigenvalue weighted by atomic mass is 10.3. The molecule has 2 fully saturated rings. The number of rotatable bonds is 0. The lowest BCUT2D eigenvalue weighted by molar-refractivity contribution is 0.176. The van der Waals surface area contributed by atoms with Crippen molar-refractivity contribution in [3.8, 4) is 0 Å². The normalized spacial score (nSPS) is 57.0. The topological polar surface area (TPSA) is 42.2 Å². The molecule has 40 valence electrons. The minimum Gasteiger partial charge on any atom is -0.391 e. The van der Waals surface area contributed by atoms with Crippen LogP contribution in [0.4, 0.5) is 0 Å². The van der Waals surface area contributed by atoms with Crippen molar-refractivity contribution in [1.29, 1.82) is 0 Å². The third-order valence-electron chi connectivity index (χ3n) is 1.92. The number of hydrogen-bond acceptors (Lipinski definition) is 2. The van der Waals surface area contributed by atoms with Gasteiger partial charge in [0.15, 0.2) is 0 Å². The van der Waals surface area contributed by atoms with Gasteiger partial charge in [0.1, 0.15) is 0 Å². The Morgan fingerprint density at radius 1 is 1.43 bits per heavy atom. The average Bonchev–Trinajstić information content (AvgIpc) is 2.33. The highest BCUT2D eigenvalue weighted by molar-refractivity contribution is 5.08. The maximum atomic E-state index is 8.98. The monoisotopic (exact) mass is 99.1 g/mol. The maximum Gasteiger partial charge on any atom is 0.0709 e. The highest BCUT2D eigenvalue weighted by Crippen LogP contribution is 2.30. The summed E-state index contributed by atoms with van der Waals surface area (Å²) >= 11 is 0. The Morgan fingerprint density at radius 3 is 2.43 bits per heavy atom. The quantitative estimate of drug-likeness (QED) is 0.401. The van der Waals surface area contributed by atoms with E-state index in [1.165, 1.54) is 6.42 Å². The molecule has 0 spiro atoms. The Labute approximate surface area is 42.5 Å². The number of fused-ring (bicyclic) bond motifs is 1. The zero-order valence-corrected chi connectivity index (χ0v) is 4.09. The maximum absolute atomic E-state index is 8.98. The van der Waals surface area contributed by atoms with E-state index in [4.69, 9.17) is 5.11 Å². The molecule has 2 heteroatoms. The summed E-state index contributed by atoms with van der Waals surface area (Å²) in [5.41, 5.74) is 0. The van der Waals surface area contributed by atoms with Crippen LogP contribution in [0.1, 0.15) is 12.8 Å². The molecule has 1 heterocycles. The molecule has 2 rings (SSSR count). The molecule has 0 bridgehead atoms. The molecule has 0 aromatic carbocycles. The van der Waals surface area contributed by atoms with Gasteiger partial charge in [0.2, 0.25) is 0 Å². The van der Waals surface area contributed by atoms with Gasteiger partial charge in [-0.25, -0.2) is 0 Å². The van der Waals surface area contributed by atoms with E-state index >= 15 is 0 Å². The van der Waals surface area contributed by atoms with Crippen LogP contribution in [0.3, 0.4) is 0 Å². The molecule has 1 saturated carbocycles. The Morgan fingerprint density at radius 2 is 2.29 bits per heavy atom. The number of piperidine rings is 1. The predicted octanol–water partition coefficient (Wildman–Crippen LogP) is -0.519. The predicted molar refractivity (Wildman–Crippen MR) is 26.0 cm³/mol. The van der Waals surface area contributed by atoms with E-state index < -0.39 is 0 Å². The summed E-state index contributed by atoms with van der Waals surface area (Å²) in [6.07, 6.45) is 2.18. The van der Waals surface area contributed by atoms with Gasteiger partial charge in [-0.1, -0.05) is 0 Å². The molecule has 0 aromatic rings. The van der Waals surface area contributed by atoms with Gasteiger partial charge in [0.25, 0.3) is 0 Å². The van der Waals surface area contributed by atoms with Crippen molar-refractivity contribution in [2.75, 3.05) is 0 Å². The second-order valence-corrected chi connectivity index (χ2v) is 2.44. The molecular weight excluding hydrogens is 90.1 g/mol. The molecule has 1 aliphatic heterocycles. The molecule has 7 heavy (non-hydrogen) atoms. The Kier molecular flexibility index (Phi) is 0.557. The first-order valence-electron chi connectivity index (χ1n) is 2.82. The van der Waals surface area contributed by atoms with Gasteiger partial charge in [0, 0.05) is 12.1 Å². The van der Waals surface area contributed by atoms with Crippen LogP contribution in [0.25, 0.3) is 0 Å². The van der Waals surface area contributed by atoms with Crippen molar-refractivity contribution in [2.24, 2.45) is 0 Å². The van der Waals surface area contributed by atoms with Crippen LogP contribution < -0.4 is 5.32 Å². The fraction of sp³-hybridized carbons (Fsp3) is 1.00. The molecule has 1 aliphatic carbocycles. The number of hydrogen-bond donors (Lipinski definition) is 2. The molecule has 2 nitrogen and oxygen atoms in total. The van der Waals surface area contributed by atoms with E-state index in [1.54, 1.807) is 0 Å². The van der Waals surface area contributed by atoms with Gasteiger partial charge in [-0.05, 0) is 12.8 Å². The zero-order valence-electron chi connectivity index (χ0n) is 4.09. The third kappa shape index (κ3) is 0.409. The smallest absolute Gasteiger partial charge is 0.0709 e. The molecule has 0 radical (unpaired) electrons. The van der Waals surface area contributed by atoms with Crippen molar-refractivity contribution < 1.29 is 5.11 Å². The summed E-state index contributed by atoms with van der Waals surface area (Å²) in [6.45, 7) is 0. The van der Waals surface area contributed by atoms with Crippen LogP contribution in [0.2, 0.25) is 0 Å². The highest BCUT2D eigenvalue weighted by Gasteiger charge is 2.46. The zero-order chi connectivity index (χ0) is 4.85. The van der Waals surface area contributed by atoms with E-state index in [0.29, 0.717) is 12.1 Å². The van der Waals surface area contributed by atoms with Crippen molar-refractivity contribution in [3.05, 3.63) is 0 Å². The molecule has 1 saturated heterocycles. The minimum atomic E-state index is -0.0231. The molecule has 0 amide bonds. The number of aliphatic hydroxyl groups excluding tert-OH is 1. The standard InChI is InChI=1S/C5H9NO/c7-4-2-1-3-5(4)6-3/h3-7H,1-2H2. The number of aliphatic hydroxyl groups is 1. The summed E-state index contributed by atoms with van der Waals surface area (Å²) in [5.74, 6) is 0. The van der Waals surface area contributed by atoms with Crippen LogP contribution in [-0.2, 0) is 0 Å². The highest BCUT2D eigenvalue weighted by atomic mass is 16.3. The van der Waals surface area contributed by atoms with E-state index in [9.17, 15) is 0 Å². The van der Waals surface area contributed by atoms with E-state index in [2.05, 4.69) is 5.32 Å². The third-order valence-corrected chi connectivity index (χ3v) is 1.92. The van der Waals surface area contributed by atoms with Gasteiger partial charge >= 0.3 is 0 Å². The number of nitrogens with one attached hydrogen (secondary N) is 1. The summed E-state index contributed by atoms with van der Waals surface area (Å²) in [5, 5.41) is 12.1. The van der Waals surface area contributed by atoms with E-state index in [0.717, 1.165) is 6.42 Å². The van der Waals surface area contributed by atoms with Crippen molar-refractivity contribution in [1.82, 2.24) is 5.32 Å². The summed E-state index contributed by atoms with van der Waals surface area (Å²) in [7, 11) is 0. The van der Waals surface area contributed by atoms with Gasteiger partial charge in [-0.2, -0.15) is 0 Å². The van der Waals surface area contributed by atoms with Crippen LogP contribution in [-0.4, -0.2) is 23.3 Å². The molecule has 2 N–H and O–H groups in total. The summed E-state index contributed by atoms with van der Waals surface area (Å²) < 4.78 is 0. The second-order valence-electron chi connectivity index (χ2n) is 2.44. The Hall–Kier alpha value is -0.0800. The fourth-order valence-electron chi connectivity index (χ4n) is 1.36. The molecular formula is C5H9NO. The first-order valence-corrected chi connectivity index (χ1v) is 2.82. The Bertz CT molecular complexity index is 94.1. The molecule has 3 unspecified atom stereocenters. The lowest BCUT2D eigenvalue weighted by Gasteiger charge is -1.97. The SMILES string of the molecule is OC1CCC2NC12. The fourth-order valence-corrected chi connectivity index (χ4v) is 1.36. The van der Waals surface area contributed by atoms with Crippen LogP contribution >= 0.6 is 0 Å². The van der Waals surface area contributed by atoms with Gasteiger partial charge in [0.05, 0.1) is 6.10 Å². The first-order chi connectivity index (χ1) is 3.38. The second kappa shape index (κ2) is 1.01. The van der Waals surface area contributed by atoms with E-state index in [1.807, 2.05) is 0 Å². The van der Waals surface area contributed by atoms with Gasteiger partial charge in [-0.3, -0.25) is 0 Å². The van der Waals surface area contributed by atoms with Gasteiger partial charge in [-0.15, -0.1) is 0 Å². The van der Waals surface area contributed by atoms with Crippen molar-refractivity contribution in [3.63, 3.8) is 0 Å². The average molecular weight is 99.1 g/mol. The van der Waals surface area contributed by atoms with Crippen molar-refractivity contribution >= 4 is 0 Å². The summed E-state index contributed by atoms with van der Waals surface area (Å²) in [6, 6.07) is 1.18. The molecule has 3 atom stereocenters.